The van der Waals surface area contributed by atoms with Gasteiger partial charge < -0.3 is 15.8 Å². The SMILES string of the molecule is CCOC(=O)C1CCC(NC(=O)C2=CN(OCC)N=C(c3ccc(C(=N)N)cc3)C2)CC1. The van der Waals surface area contributed by atoms with Crippen molar-refractivity contribution in [2.75, 3.05) is 13.2 Å². The Kier molecular flexibility index (Phi) is 7.99. The third kappa shape index (κ3) is 5.94. The van der Waals surface area contributed by atoms with Gasteiger partial charge in [0.05, 0.1) is 31.0 Å². The summed E-state index contributed by atoms with van der Waals surface area (Å²) in [6, 6.07) is 7.19. The molecular weight excluding hydrogens is 410 g/mol. The molecule has 1 saturated carbocycles. The van der Waals surface area contributed by atoms with Crippen molar-refractivity contribution in [3.8, 4) is 0 Å². The quantitative estimate of drug-likeness (QED) is 0.323. The summed E-state index contributed by atoms with van der Waals surface area (Å²) in [7, 11) is 0. The molecule has 2 aliphatic rings. The van der Waals surface area contributed by atoms with E-state index in [0.717, 1.165) is 18.4 Å². The largest absolute Gasteiger partial charge is 0.466 e. The number of nitrogens with two attached hydrogens (primary N) is 1. The van der Waals surface area contributed by atoms with Crippen LogP contribution >= 0.6 is 0 Å². The number of amidine groups is 1. The number of hydrazone groups is 1. The van der Waals surface area contributed by atoms with Crippen molar-refractivity contribution < 1.29 is 19.2 Å². The summed E-state index contributed by atoms with van der Waals surface area (Å²) < 4.78 is 5.12. The lowest BCUT2D eigenvalue weighted by molar-refractivity contribution is -0.149. The second-order valence-corrected chi connectivity index (χ2v) is 7.86. The molecule has 32 heavy (non-hydrogen) atoms. The van der Waals surface area contributed by atoms with Crippen molar-refractivity contribution >= 4 is 23.4 Å². The van der Waals surface area contributed by atoms with Crippen LogP contribution in [0.1, 0.15) is 57.1 Å². The van der Waals surface area contributed by atoms with E-state index in [4.69, 9.17) is 20.7 Å². The fourth-order valence-electron chi connectivity index (χ4n) is 3.89. The van der Waals surface area contributed by atoms with Crippen molar-refractivity contribution in [2.24, 2.45) is 16.8 Å². The Hall–Kier alpha value is -3.20. The van der Waals surface area contributed by atoms with Gasteiger partial charge in [0.1, 0.15) is 5.84 Å². The number of carbonyl (C=O) groups excluding carboxylic acids is 2. The van der Waals surface area contributed by atoms with Gasteiger partial charge in [-0.1, -0.05) is 24.3 Å². The van der Waals surface area contributed by atoms with Crippen LogP contribution in [0.2, 0.25) is 0 Å². The molecule has 1 heterocycles. The highest BCUT2D eigenvalue weighted by Gasteiger charge is 2.29. The molecule has 9 heteroatoms. The van der Waals surface area contributed by atoms with E-state index in [-0.39, 0.29) is 29.7 Å². The first-order valence-electron chi connectivity index (χ1n) is 11.0. The predicted molar refractivity (Wildman–Crippen MR) is 121 cm³/mol. The van der Waals surface area contributed by atoms with E-state index in [0.29, 0.717) is 49.3 Å². The monoisotopic (exact) mass is 441 g/mol. The van der Waals surface area contributed by atoms with Crippen molar-refractivity contribution in [1.82, 2.24) is 10.5 Å². The highest BCUT2D eigenvalue weighted by atomic mass is 16.7. The molecule has 0 radical (unpaired) electrons. The minimum Gasteiger partial charge on any atom is -0.466 e. The molecule has 1 aromatic carbocycles. The van der Waals surface area contributed by atoms with Gasteiger partial charge in [-0.25, -0.2) is 0 Å². The van der Waals surface area contributed by atoms with E-state index in [1.54, 1.807) is 18.3 Å². The maximum absolute atomic E-state index is 13.0. The molecule has 0 unspecified atom stereocenters. The Labute approximate surface area is 188 Å². The molecule has 1 amide bonds. The fourth-order valence-corrected chi connectivity index (χ4v) is 3.89. The van der Waals surface area contributed by atoms with Gasteiger partial charge in [0.25, 0.3) is 0 Å². The maximum atomic E-state index is 13.0. The molecule has 0 saturated heterocycles. The lowest BCUT2D eigenvalue weighted by Crippen LogP contribution is -2.40. The molecule has 0 bridgehead atoms. The van der Waals surface area contributed by atoms with E-state index in [2.05, 4.69) is 10.4 Å². The van der Waals surface area contributed by atoms with Gasteiger partial charge in [0.2, 0.25) is 5.91 Å². The lowest BCUT2D eigenvalue weighted by Gasteiger charge is -2.29. The van der Waals surface area contributed by atoms with Crippen LogP contribution < -0.4 is 11.1 Å². The van der Waals surface area contributed by atoms with Gasteiger partial charge in [-0.05, 0) is 45.1 Å². The van der Waals surface area contributed by atoms with Crippen LogP contribution in [0.3, 0.4) is 0 Å². The number of esters is 1. The number of nitrogens with zero attached hydrogens (tertiary/aromatic N) is 2. The van der Waals surface area contributed by atoms with Crippen molar-refractivity contribution in [3.63, 3.8) is 0 Å². The predicted octanol–water partition coefficient (Wildman–Crippen LogP) is 2.45. The number of hydrogen-bond donors (Lipinski definition) is 3. The van der Waals surface area contributed by atoms with E-state index < -0.39 is 0 Å². The minimum absolute atomic E-state index is 0.00397. The molecule has 1 aliphatic carbocycles. The van der Waals surface area contributed by atoms with E-state index in [1.165, 1.54) is 5.17 Å². The summed E-state index contributed by atoms with van der Waals surface area (Å²) in [5.74, 6) is -0.392. The molecule has 1 fully saturated rings. The summed E-state index contributed by atoms with van der Waals surface area (Å²) in [5.41, 5.74) is 8.22. The van der Waals surface area contributed by atoms with Crippen molar-refractivity contribution in [2.45, 2.75) is 52.0 Å². The first-order chi connectivity index (χ1) is 15.4. The second-order valence-electron chi connectivity index (χ2n) is 7.86. The van der Waals surface area contributed by atoms with Crippen LogP contribution in [-0.4, -0.2) is 47.9 Å². The van der Waals surface area contributed by atoms with Gasteiger partial charge in [-0.3, -0.25) is 19.8 Å². The molecule has 1 aromatic rings. The van der Waals surface area contributed by atoms with Crippen molar-refractivity contribution in [3.05, 3.63) is 47.2 Å². The molecule has 0 spiro atoms. The molecule has 0 aromatic heterocycles. The lowest BCUT2D eigenvalue weighted by atomic mass is 9.86. The topological polar surface area (TPSA) is 130 Å². The van der Waals surface area contributed by atoms with E-state index >= 15 is 0 Å². The second kappa shape index (κ2) is 10.9. The molecule has 4 N–H and O–H groups in total. The highest BCUT2D eigenvalue weighted by Crippen LogP contribution is 2.26. The number of hydroxylamine groups is 1. The summed E-state index contributed by atoms with van der Waals surface area (Å²) in [5, 5.41) is 16.4. The molecule has 1 aliphatic heterocycles. The van der Waals surface area contributed by atoms with Crippen LogP contribution in [0.15, 0.2) is 41.1 Å². The maximum Gasteiger partial charge on any atom is 0.308 e. The number of hydrogen-bond acceptors (Lipinski definition) is 7. The van der Waals surface area contributed by atoms with Crippen LogP contribution in [0.4, 0.5) is 0 Å². The Morgan fingerprint density at radius 2 is 1.84 bits per heavy atom. The Morgan fingerprint density at radius 1 is 1.16 bits per heavy atom. The minimum atomic E-state index is -0.165. The molecule has 3 rings (SSSR count). The number of ether oxygens (including phenoxy) is 1. The molecule has 9 nitrogen and oxygen atoms in total. The van der Waals surface area contributed by atoms with E-state index in [9.17, 15) is 9.59 Å². The highest BCUT2D eigenvalue weighted by molar-refractivity contribution is 6.08. The average Bonchev–Trinajstić information content (AvgIpc) is 2.79. The number of rotatable bonds is 8. The summed E-state index contributed by atoms with van der Waals surface area (Å²) >= 11 is 0. The van der Waals surface area contributed by atoms with Crippen LogP contribution in [0.5, 0.6) is 0 Å². The van der Waals surface area contributed by atoms with Gasteiger partial charge in [0.15, 0.2) is 0 Å². The summed E-state index contributed by atoms with van der Waals surface area (Å²) in [6.07, 6.45) is 4.87. The fraction of sp³-hybridized carbons (Fsp3) is 0.478. The Morgan fingerprint density at radius 3 is 2.44 bits per heavy atom. The molecular formula is C23H31N5O4. The number of benzene rings is 1. The first kappa shape index (κ1) is 23.5. The van der Waals surface area contributed by atoms with Crippen LogP contribution in [-0.2, 0) is 19.2 Å². The molecule has 172 valence electrons. The number of nitrogens with one attached hydrogen (secondary N) is 2. The third-order valence-electron chi connectivity index (χ3n) is 5.61. The summed E-state index contributed by atoms with van der Waals surface area (Å²) in [6.45, 7) is 4.45. The number of nitrogen functional groups attached to an aromatic ring is 1. The zero-order chi connectivity index (χ0) is 23.1. The van der Waals surface area contributed by atoms with Gasteiger partial charge >= 0.3 is 5.97 Å². The first-order valence-corrected chi connectivity index (χ1v) is 11.0. The molecule has 0 atom stereocenters. The third-order valence-corrected chi connectivity index (χ3v) is 5.61. The zero-order valence-corrected chi connectivity index (χ0v) is 18.6. The number of amides is 1. The summed E-state index contributed by atoms with van der Waals surface area (Å²) in [4.78, 5) is 30.4. The average molecular weight is 442 g/mol. The normalized spacial score (nSPS) is 20.8. The Bertz CT molecular complexity index is 901. The van der Waals surface area contributed by atoms with E-state index in [1.807, 2.05) is 26.0 Å². The smallest absolute Gasteiger partial charge is 0.308 e. The van der Waals surface area contributed by atoms with Gasteiger partial charge in [0, 0.05) is 23.6 Å². The number of carbonyl (C=O) groups is 2. The van der Waals surface area contributed by atoms with Crippen LogP contribution in [0.25, 0.3) is 0 Å². The van der Waals surface area contributed by atoms with Crippen molar-refractivity contribution in [1.29, 1.82) is 5.41 Å². The Balaban J connectivity index is 1.64. The van der Waals surface area contributed by atoms with Gasteiger partial charge in [-0.15, -0.1) is 5.17 Å². The van der Waals surface area contributed by atoms with Crippen LogP contribution in [0, 0.1) is 11.3 Å². The van der Waals surface area contributed by atoms with Gasteiger partial charge in [-0.2, -0.15) is 5.10 Å². The zero-order valence-electron chi connectivity index (χ0n) is 18.6. The standard InChI is InChI=1S/C23H31N5O4/c1-3-31-23(30)17-9-11-19(12-10-17)26-22(29)18-13-20(27-28(14-18)32-4-2)15-5-7-16(8-6-15)21(24)25/h5-8,14,17,19H,3-4,9-13H2,1-2H3,(H3,24,25)(H,26,29).